The molecule has 1 aliphatic heterocycles. The predicted octanol–water partition coefficient (Wildman–Crippen LogP) is 1.54. The van der Waals surface area contributed by atoms with Crippen molar-refractivity contribution in [3.8, 4) is 0 Å². The molecule has 0 aromatic heterocycles. The Morgan fingerprint density at radius 1 is 1.26 bits per heavy atom. The topological polar surface area (TPSA) is 52.6 Å². The van der Waals surface area contributed by atoms with Crippen molar-refractivity contribution in [2.24, 2.45) is 0 Å². The van der Waals surface area contributed by atoms with E-state index in [1.54, 1.807) is 11.1 Å². The van der Waals surface area contributed by atoms with Crippen LogP contribution in [0, 0.1) is 0 Å². The second-order valence-electron chi connectivity index (χ2n) is 4.46. The molecular formula is C11H15BrClN3O2S. The average molecular weight is 369 g/mol. The minimum absolute atomic E-state index is 0.197. The molecule has 0 atom stereocenters. The van der Waals surface area contributed by atoms with Crippen LogP contribution in [0.1, 0.15) is 0 Å². The second kappa shape index (κ2) is 6.07. The minimum Gasteiger partial charge on any atom is -0.304 e. The Kier molecular flexibility index (Phi) is 4.86. The number of rotatable bonds is 3. The average Bonchev–Trinajstić information content (AvgIpc) is 2.35. The first-order valence-electron chi connectivity index (χ1n) is 5.79. The van der Waals surface area contributed by atoms with Crippen molar-refractivity contribution in [2.75, 3.05) is 33.2 Å². The van der Waals surface area contributed by atoms with E-state index >= 15 is 0 Å². The van der Waals surface area contributed by atoms with Crippen LogP contribution in [0.25, 0.3) is 0 Å². The zero-order chi connectivity index (χ0) is 14.0. The monoisotopic (exact) mass is 367 g/mol. The highest BCUT2D eigenvalue weighted by Gasteiger charge is 2.21. The number of nitrogens with zero attached hydrogens (tertiary/aromatic N) is 2. The van der Waals surface area contributed by atoms with E-state index in [0.29, 0.717) is 22.6 Å². The number of sulfonamides is 1. The van der Waals surface area contributed by atoms with Crippen molar-refractivity contribution in [3.63, 3.8) is 0 Å². The van der Waals surface area contributed by atoms with Crippen LogP contribution in [0.3, 0.4) is 0 Å². The summed E-state index contributed by atoms with van der Waals surface area (Å²) in [4.78, 5) is 4.95. The highest BCUT2D eigenvalue weighted by molar-refractivity contribution is 9.10. The Bertz CT molecular complexity index is 559. The Hall–Kier alpha value is -0.180. The minimum atomic E-state index is -3.55. The van der Waals surface area contributed by atoms with Crippen LogP contribution in [-0.4, -0.2) is 51.6 Å². The molecule has 106 valence electrons. The van der Waals surface area contributed by atoms with Gasteiger partial charge in [0.05, 0.1) is 9.92 Å². The molecule has 2 rings (SSSR count). The van der Waals surface area contributed by atoms with Crippen LogP contribution in [0.5, 0.6) is 0 Å². The van der Waals surface area contributed by atoms with Gasteiger partial charge < -0.3 is 4.90 Å². The highest BCUT2D eigenvalue weighted by atomic mass is 79.9. The van der Waals surface area contributed by atoms with Crippen LogP contribution in [0.2, 0.25) is 5.02 Å². The molecule has 0 spiro atoms. The Balaban J connectivity index is 2.11. The molecule has 0 aliphatic carbocycles. The quantitative estimate of drug-likeness (QED) is 0.879. The molecule has 1 heterocycles. The van der Waals surface area contributed by atoms with Crippen molar-refractivity contribution in [1.29, 1.82) is 0 Å². The van der Waals surface area contributed by atoms with E-state index in [2.05, 4.69) is 25.7 Å². The molecule has 5 nitrogen and oxygen atoms in total. The standard InChI is InChI=1S/C11H15BrClN3O2S/c1-15-4-6-16(7-5-15)14-19(17,18)9-2-3-11(13)10(12)8-9/h2-3,8,14H,4-7H2,1H3. The van der Waals surface area contributed by atoms with Crippen LogP contribution >= 0.6 is 27.5 Å². The summed E-state index contributed by atoms with van der Waals surface area (Å²) in [6.45, 7) is 3.02. The second-order valence-corrected chi connectivity index (χ2v) is 7.38. The first-order chi connectivity index (χ1) is 8.88. The van der Waals surface area contributed by atoms with E-state index < -0.39 is 10.0 Å². The van der Waals surface area contributed by atoms with Gasteiger partial charge in [-0.15, -0.1) is 4.83 Å². The molecule has 8 heteroatoms. The molecule has 1 saturated heterocycles. The highest BCUT2D eigenvalue weighted by Crippen LogP contribution is 2.25. The van der Waals surface area contributed by atoms with E-state index in [0.717, 1.165) is 13.1 Å². The van der Waals surface area contributed by atoms with E-state index in [1.165, 1.54) is 12.1 Å². The lowest BCUT2D eigenvalue weighted by molar-refractivity contribution is 0.135. The third kappa shape index (κ3) is 3.90. The lowest BCUT2D eigenvalue weighted by Crippen LogP contribution is -2.52. The summed E-state index contributed by atoms with van der Waals surface area (Å²) in [6, 6.07) is 4.55. The van der Waals surface area contributed by atoms with Crippen molar-refractivity contribution in [3.05, 3.63) is 27.7 Å². The summed E-state index contributed by atoms with van der Waals surface area (Å²) in [5.74, 6) is 0. The first kappa shape index (κ1) is 15.2. The third-order valence-corrected chi connectivity index (χ3v) is 5.54. The molecule has 19 heavy (non-hydrogen) atoms. The summed E-state index contributed by atoms with van der Waals surface area (Å²) < 4.78 is 25.0. The molecule has 1 N–H and O–H groups in total. The molecule has 0 amide bonds. The molecule has 0 bridgehead atoms. The van der Waals surface area contributed by atoms with E-state index in [1.807, 2.05) is 7.05 Å². The molecule has 1 aliphatic rings. The molecule has 0 radical (unpaired) electrons. The van der Waals surface area contributed by atoms with Gasteiger partial charge in [-0.1, -0.05) is 11.6 Å². The van der Waals surface area contributed by atoms with Gasteiger partial charge in [0, 0.05) is 30.7 Å². The summed E-state index contributed by atoms with van der Waals surface area (Å²) in [7, 11) is -1.53. The smallest absolute Gasteiger partial charge is 0.253 e. The van der Waals surface area contributed by atoms with Crippen molar-refractivity contribution in [2.45, 2.75) is 4.90 Å². The van der Waals surface area contributed by atoms with Gasteiger partial charge in [0.2, 0.25) is 0 Å². The number of piperazine rings is 1. The normalized spacial score (nSPS) is 18.7. The van der Waals surface area contributed by atoms with Crippen molar-refractivity contribution in [1.82, 2.24) is 14.7 Å². The van der Waals surface area contributed by atoms with Crippen LogP contribution in [0.4, 0.5) is 0 Å². The number of nitrogens with one attached hydrogen (secondary N) is 1. The fourth-order valence-corrected chi connectivity index (χ4v) is 3.56. The zero-order valence-electron chi connectivity index (χ0n) is 10.4. The SMILES string of the molecule is CN1CCN(NS(=O)(=O)c2ccc(Cl)c(Br)c2)CC1. The maximum absolute atomic E-state index is 12.2. The third-order valence-electron chi connectivity index (χ3n) is 2.95. The molecule has 0 saturated carbocycles. The van der Waals surface area contributed by atoms with Crippen molar-refractivity contribution < 1.29 is 8.42 Å². The zero-order valence-corrected chi connectivity index (χ0v) is 13.6. The van der Waals surface area contributed by atoms with Crippen LogP contribution in [0.15, 0.2) is 27.6 Å². The number of hydrazine groups is 1. The van der Waals surface area contributed by atoms with Gasteiger partial charge in [-0.2, -0.15) is 0 Å². The molecule has 1 aromatic carbocycles. The van der Waals surface area contributed by atoms with Crippen LogP contribution < -0.4 is 4.83 Å². The first-order valence-corrected chi connectivity index (χ1v) is 8.45. The van der Waals surface area contributed by atoms with Gasteiger partial charge in [-0.3, -0.25) is 0 Å². The van der Waals surface area contributed by atoms with E-state index in [4.69, 9.17) is 11.6 Å². The Morgan fingerprint density at radius 2 is 1.89 bits per heavy atom. The Labute approximate surface area is 126 Å². The maximum Gasteiger partial charge on any atom is 0.253 e. The van der Waals surface area contributed by atoms with E-state index in [9.17, 15) is 8.42 Å². The van der Waals surface area contributed by atoms with Gasteiger partial charge in [0.15, 0.2) is 0 Å². The van der Waals surface area contributed by atoms with Gasteiger partial charge in [0.25, 0.3) is 10.0 Å². The predicted molar refractivity (Wildman–Crippen MR) is 78.5 cm³/mol. The fourth-order valence-electron chi connectivity index (χ4n) is 1.76. The summed E-state index contributed by atoms with van der Waals surface area (Å²) in [5, 5.41) is 2.20. The van der Waals surface area contributed by atoms with Crippen molar-refractivity contribution >= 4 is 37.6 Å². The number of likely N-dealkylation sites (N-methyl/N-ethyl adjacent to an activating group) is 1. The molecule has 1 fully saturated rings. The summed E-state index contributed by atoms with van der Waals surface area (Å²) in [6.07, 6.45) is 0. The molecule has 0 unspecified atom stereocenters. The van der Waals surface area contributed by atoms with Gasteiger partial charge in [0.1, 0.15) is 0 Å². The number of halogens is 2. The fraction of sp³-hybridized carbons (Fsp3) is 0.455. The number of hydrogen-bond donors (Lipinski definition) is 1. The number of hydrogen-bond acceptors (Lipinski definition) is 4. The lowest BCUT2D eigenvalue weighted by Gasteiger charge is -2.32. The van der Waals surface area contributed by atoms with Gasteiger partial charge >= 0.3 is 0 Å². The number of benzene rings is 1. The summed E-state index contributed by atoms with van der Waals surface area (Å²) >= 11 is 9.09. The Morgan fingerprint density at radius 3 is 2.47 bits per heavy atom. The maximum atomic E-state index is 12.2. The van der Waals surface area contributed by atoms with E-state index in [-0.39, 0.29) is 4.90 Å². The van der Waals surface area contributed by atoms with Gasteiger partial charge in [-0.25, -0.2) is 13.4 Å². The molecule has 1 aromatic rings. The lowest BCUT2D eigenvalue weighted by atomic mass is 10.4. The van der Waals surface area contributed by atoms with Crippen LogP contribution in [-0.2, 0) is 10.0 Å². The molecular weight excluding hydrogens is 354 g/mol. The largest absolute Gasteiger partial charge is 0.304 e. The summed E-state index contributed by atoms with van der Waals surface area (Å²) in [5.41, 5.74) is 0. The van der Waals surface area contributed by atoms with Gasteiger partial charge in [-0.05, 0) is 41.2 Å².